The van der Waals surface area contributed by atoms with Gasteiger partial charge < -0.3 is 9.47 Å². The molecule has 0 amide bonds. The molecule has 1 aliphatic heterocycles. The maximum atomic E-state index is 12.9. The van der Waals surface area contributed by atoms with Crippen LogP contribution in [0.4, 0.5) is 0 Å². The highest BCUT2D eigenvalue weighted by Crippen LogP contribution is 2.69. The monoisotopic (exact) mass is 398 g/mol. The van der Waals surface area contributed by atoms with Crippen molar-refractivity contribution in [3.63, 3.8) is 0 Å². The van der Waals surface area contributed by atoms with Gasteiger partial charge in [0, 0.05) is 23.7 Å². The van der Waals surface area contributed by atoms with Crippen molar-refractivity contribution in [2.24, 2.45) is 28.6 Å². The minimum Gasteiger partial charge on any atom is -0.469 e. The van der Waals surface area contributed by atoms with Crippen molar-refractivity contribution in [2.45, 2.75) is 70.8 Å². The summed E-state index contributed by atoms with van der Waals surface area (Å²) in [6.07, 6.45) is 10.1. The van der Waals surface area contributed by atoms with Gasteiger partial charge in [0.2, 0.25) is 0 Å². The molecule has 1 saturated heterocycles. The summed E-state index contributed by atoms with van der Waals surface area (Å²) in [7, 11) is 1.46. The molecule has 4 aliphatic carbocycles. The Kier molecular flexibility index (Phi) is 3.98. The first-order valence-electron chi connectivity index (χ1n) is 11.0. The summed E-state index contributed by atoms with van der Waals surface area (Å²) < 4.78 is 11.2. The number of fused-ring (bicyclic) bond motifs is 6. The normalized spacial score (nSPS) is 45.7. The van der Waals surface area contributed by atoms with Crippen molar-refractivity contribution < 1.29 is 23.9 Å². The molecule has 0 bridgehead atoms. The SMILES string of the molecule is COC(=O)[C@@H]1CC2=CC(=O)CCC2(C)C2=CCC3(C)[C@@H](CCC34CCC(=O)O4)C21. The molecule has 156 valence electrons. The lowest BCUT2D eigenvalue weighted by Gasteiger charge is -2.56. The Morgan fingerprint density at radius 1 is 1.17 bits per heavy atom. The van der Waals surface area contributed by atoms with Crippen molar-refractivity contribution in [2.75, 3.05) is 7.11 Å². The smallest absolute Gasteiger partial charge is 0.309 e. The van der Waals surface area contributed by atoms with Gasteiger partial charge in [0.25, 0.3) is 0 Å². The van der Waals surface area contributed by atoms with Gasteiger partial charge in [0.15, 0.2) is 5.78 Å². The molecule has 4 unspecified atom stereocenters. The molecule has 6 atom stereocenters. The van der Waals surface area contributed by atoms with E-state index < -0.39 is 5.60 Å². The average Bonchev–Trinajstić information content (AvgIpc) is 3.22. The van der Waals surface area contributed by atoms with Crippen molar-refractivity contribution in [3.05, 3.63) is 23.3 Å². The van der Waals surface area contributed by atoms with E-state index >= 15 is 0 Å². The molecule has 5 rings (SSSR count). The highest BCUT2D eigenvalue weighted by Gasteiger charge is 2.67. The summed E-state index contributed by atoms with van der Waals surface area (Å²) in [4.78, 5) is 37.1. The molecule has 0 aromatic heterocycles. The summed E-state index contributed by atoms with van der Waals surface area (Å²) in [5.41, 5.74) is 1.72. The van der Waals surface area contributed by atoms with E-state index in [1.165, 1.54) is 12.7 Å². The molecule has 5 aliphatic rings. The highest BCUT2D eigenvalue weighted by atomic mass is 16.6. The van der Waals surface area contributed by atoms with Crippen LogP contribution in [-0.4, -0.2) is 30.4 Å². The van der Waals surface area contributed by atoms with Gasteiger partial charge >= 0.3 is 11.9 Å². The van der Waals surface area contributed by atoms with Crippen LogP contribution >= 0.6 is 0 Å². The van der Waals surface area contributed by atoms with Crippen molar-refractivity contribution in [1.29, 1.82) is 0 Å². The molecule has 0 aromatic rings. The summed E-state index contributed by atoms with van der Waals surface area (Å²) >= 11 is 0. The van der Waals surface area contributed by atoms with Crippen molar-refractivity contribution in [1.82, 2.24) is 0 Å². The number of methoxy groups -OCH3 is 1. The lowest BCUT2D eigenvalue weighted by atomic mass is 9.48. The minimum atomic E-state index is -0.392. The number of ether oxygens (including phenoxy) is 2. The van der Waals surface area contributed by atoms with Crippen LogP contribution in [0.1, 0.15) is 65.2 Å². The second-order valence-corrected chi connectivity index (χ2v) is 10.2. The molecular formula is C24H30O5. The zero-order valence-corrected chi connectivity index (χ0v) is 17.6. The topological polar surface area (TPSA) is 69.7 Å². The van der Waals surface area contributed by atoms with Crippen LogP contribution < -0.4 is 0 Å². The van der Waals surface area contributed by atoms with Crippen molar-refractivity contribution >= 4 is 17.7 Å². The maximum absolute atomic E-state index is 12.9. The zero-order chi connectivity index (χ0) is 20.6. The molecule has 29 heavy (non-hydrogen) atoms. The first kappa shape index (κ1) is 19.1. The Morgan fingerprint density at radius 3 is 2.66 bits per heavy atom. The number of hydrogen-bond donors (Lipinski definition) is 0. The number of carbonyl (C=O) groups excluding carboxylic acids is 3. The van der Waals surface area contributed by atoms with Crippen LogP contribution in [0.2, 0.25) is 0 Å². The van der Waals surface area contributed by atoms with Gasteiger partial charge in [-0.1, -0.05) is 31.1 Å². The highest BCUT2D eigenvalue weighted by molar-refractivity contribution is 5.92. The maximum Gasteiger partial charge on any atom is 0.309 e. The molecule has 5 heteroatoms. The van der Waals surface area contributed by atoms with Gasteiger partial charge in [-0.05, 0) is 56.4 Å². The van der Waals surface area contributed by atoms with Crippen LogP contribution in [0.15, 0.2) is 23.3 Å². The van der Waals surface area contributed by atoms with Crippen molar-refractivity contribution in [3.8, 4) is 0 Å². The van der Waals surface area contributed by atoms with Gasteiger partial charge in [-0.3, -0.25) is 14.4 Å². The number of allylic oxidation sites excluding steroid dienone is 4. The van der Waals surface area contributed by atoms with E-state index in [4.69, 9.17) is 9.47 Å². The Labute approximate surface area is 171 Å². The van der Waals surface area contributed by atoms with E-state index in [0.29, 0.717) is 19.3 Å². The molecule has 0 aromatic carbocycles. The van der Waals surface area contributed by atoms with Crippen LogP contribution in [-0.2, 0) is 23.9 Å². The lowest BCUT2D eigenvalue weighted by Crippen LogP contribution is -2.53. The number of esters is 2. The predicted octanol–water partition coefficient (Wildman–Crippen LogP) is 3.91. The third-order valence-corrected chi connectivity index (χ3v) is 9.23. The molecule has 1 spiro atoms. The van der Waals surface area contributed by atoms with Crippen LogP contribution in [0.3, 0.4) is 0 Å². The van der Waals surface area contributed by atoms with Gasteiger partial charge in [0.05, 0.1) is 13.0 Å². The molecule has 5 nitrogen and oxygen atoms in total. The zero-order valence-electron chi connectivity index (χ0n) is 17.6. The van der Waals surface area contributed by atoms with Gasteiger partial charge in [-0.2, -0.15) is 0 Å². The molecule has 3 fully saturated rings. The third kappa shape index (κ3) is 2.36. The fraction of sp³-hybridized carbons (Fsp3) is 0.708. The molecule has 2 saturated carbocycles. The quantitative estimate of drug-likeness (QED) is 0.495. The van der Waals surface area contributed by atoms with E-state index in [1.807, 2.05) is 0 Å². The average molecular weight is 398 g/mol. The van der Waals surface area contributed by atoms with E-state index in [0.717, 1.165) is 37.7 Å². The molecular weight excluding hydrogens is 368 g/mol. The van der Waals surface area contributed by atoms with E-state index in [-0.39, 0.29) is 46.3 Å². The lowest BCUT2D eigenvalue weighted by molar-refractivity contribution is -0.163. The van der Waals surface area contributed by atoms with Crippen LogP contribution in [0, 0.1) is 28.6 Å². The molecule has 0 N–H and O–H groups in total. The largest absolute Gasteiger partial charge is 0.469 e. The van der Waals surface area contributed by atoms with Gasteiger partial charge in [-0.25, -0.2) is 0 Å². The summed E-state index contributed by atoms with van der Waals surface area (Å²) in [5, 5.41) is 0. The fourth-order valence-electron chi connectivity index (χ4n) is 7.53. The molecule has 1 heterocycles. The van der Waals surface area contributed by atoms with Gasteiger partial charge in [-0.15, -0.1) is 0 Å². The van der Waals surface area contributed by atoms with Crippen LogP contribution in [0.5, 0.6) is 0 Å². The van der Waals surface area contributed by atoms with E-state index in [9.17, 15) is 14.4 Å². The first-order chi connectivity index (χ1) is 13.7. The van der Waals surface area contributed by atoms with Gasteiger partial charge in [0.1, 0.15) is 5.60 Å². The first-order valence-corrected chi connectivity index (χ1v) is 11.0. The Balaban J connectivity index is 1.63. The summed E-state index contributed by atoms with van der Waals surface area (Å²) in [6.45, 7) is 4.52. The second kappa shape index (κ2) is 6.05. The second-order valence-electron chi connectivity index (χ2n) is 10.2. The van der Waals surface area contributed by atoms with Crippen LogP contribution in [0.25, 0.3) is 0 Å². The standard InChI is InChI=1S/C24H30O5/c1-22-8-4-15(25)12-14(22)13-16(21(27)28-3)20-17(22)5-9-23(2)18(20)6-10-24(23)11-7-19(26)29-24/h5,12,16,18,20H,4,6-11,13H2,1-3H3/t16-,18+,20?,22?,23?,24?/m1/s1. The minimum absolute atomic E-state index is 0.0854. The number of hydrogen-bond acceptors (Lipinski definition) is 5. The fourth-order valence-corrected chi connectivity index (χ4v) is 7.53. The third-order valence-electron chi connectivity index (χ3n) is 9.23. The Morgan fingerprint density at radius 2 is 1.97 bits per heavy atom. The Bertz CT molecular complexity index is 868. The summed E-state index contributed by atoms with van der Waals surface area (Å²) in [6, 6.07) is 0. The number of rotatable bonds is 1. The Hall–Kier alpha value is -1.91. The summed E-state index contributed by atoms with van der Waals surface area (Å²) in [5.74, 6) is 0.00356. The predicted molar refractivity (Wildman–Crippen MR) is 106 cm³/mol. The number of carbonyl (C=O) groups is 3. The van der Waals surface area contributed by atoms with E-state index in [2.05, 4.69) is 19.9 Å². The van der Waals surface area contributed by atoms with E-state index in [1.54, 1.807) is 6.08 Å². The molecule has 0 radical (unpaired) electrons. The number of ketones is 1.